The minimum Gasteiger partial charge on any atom is -0.493 e. The van der Waals surface area contributed by atoms with Crippen molar-refractivity contribution in [3.05, 3.63) is 59.7 Å². The van der Waals surface area contributed by atoms with E-state index in [1.54, 1.807) is 42.5 Å². The molecule has 2 rings (SSSR count). The zero-order valence-electron chi connectivity index (χ0n) is 15.6. The largest absolute Gasteiger partial charge is 0.493 e. The minimum absolute atomic E-state index is 0.0790. The topological polar surface area (TPSA) is 114 Å². The van der Waals surface area contributed by atoms with E-state index in [1.165, 1.54) is 20.3 Å². The maximum absolute atomic E-state index is 12.2. The molecule has 8 nitrogen and oxygen atoms in total. The molecule has 0 aromatic heterocycles. The average Bonchev–Trinajstić information content (AvgIpc) is 2.72. The Bertz CT molecular complexity index is 838. The zero-order chi connectivity index (χ0) is 20.5. The standard InChI is InChI=1S/C20H22N2O6/c1-27-16-9-8-14(10-17(16)28-2)19(24)22-12-18(23)21-11-15(20(25)26)13-6-4-3-5-7-13/h3-10,15H,11-12H2,1-2H3,(H,21,23)(H,22,24)(H,25,26). The van der Waals surface area contributed by atoms with Crippen LogP contribution >= 0.6 is 0 Å². The Labute approximate surface area is 162 Å². The molecule has 0 fully saturated rings. The number of carbonyl (C=O) groups is 3. The smallest absolute Gasteiger partial charge is 0.312 e. The highest BCUT2D eigenvalue weighted by Gasteiger charge is 2.20. The molecule has 0 bridgehead atoms. The summed E-state index contributed by atoms with van der Waals surface area (Å²) in [4.78, 5) is 35.6. The van der Waals surface area contributed by atoms with Crippen molar-refractivity contribution >= 4 is 17.8 Å². The molecule has 2 aromatic rings. The number of carboxylic acid groups (broad SMARTS) is 1. The Morgan fingerprint density at radius 3 is 2.25 bits per heavy atom. The molecule has 0 heterocycles. The second-order valence-corrected chi connectivity index (χ2v) is 5.86. The van der Waals surface area contributed by atoms with Gasteiger partial charge in [-0.05, 0) is 23.8 Å². The number of aliphatic carboxylic acids is 1. The number of rotatable bonds is 9. The average molecular weight is 386 g/mol. The summed E-state index contributed by atoms with van der Waals surface area (Å²) in [6.07, 6.45) is 0. The molecule has 8 heteroatoms. The van der Waals surface area contributed by atoms with Gasteiger partial charge in [-0.15, -0.1) is 0 Å². The molecular weight excluding hydrogens is 364 g/mol. The maximum Gasteiger partial charge on any atom is 0.312 e. The molecule has 0 saturated carbocycles. The van der Waals surface area contributed by atoms with E-state index in [1.807, 2.05) is 0 Å². The fourth-order valence-electron chi connectivity index (χ4n) is 2.55. The van der Waals surface area contributed by atoms with E-state index in [0.717, 1.165) is 0 Å². The number of carbonyl (C=O) groups excluding carboxylic acids is 2. The van der Waals surface area contributed by atoms with Crippen LogP contribution in [0.15, 0.2) is 48.5 Å². The molecule has 2 amide bonds. The van der Waals surface area contributed by atoms with E-state index in [0.29, 0.717) is 22.6 Å². The summed E-state index contributed by atoms with van der Waals surface area (Å²) in [7, 11) is 2.94. The van der Waals surface area contributed by atoms with E-state index >= 15 is 0 Å². The van der Waals surface area contributed by atoms with Gasteiger partial charge in [-0.2, -0.15) is 0 Å². The minimum atomic E-state index is -1.04. The lowest BCUT2D eigenvalue weighted by molar-refractivity contribution is -0.138. The molecule has 2 aromatic carbocycles. The van der Waals surface area contributed by atoms with Gasteiger partial charge in [0.25, 0.3) is 5.91 Å². The molecule has 1 unspecified atom stereocenters. The highest BCUT2D eigenvalue weighted by atomic mass is 16.5. The van der Waals surface area contributed by atoms with Crippen LogP contribution in [0.4, 0.5) is 0 Å². The number of benzene rings is 2. The van der Waals surface area contributed by atoms with Crippen LogP contribution in [-0.2, 0) is 9.59 Å². The van der Waals surface area contributed by atoms with Crippen LogP contribution in [0.2, 0.25) is 0 Å². The molecule has 1 atom stereocenters. The van der Waals surface area contributed by atoms with Gasteiger partial charge in [0.1, 0.15) is 0 Å². The van der Waals surface area contributed by atoms with Crippen molar-refractivity contribution < 1.29 is 29.0 Å². The predicted molar refractivity (Wildman–Crippen MR) is 102 cm³/mol. The fourth-order valence-corrected chi connectivity index (χ4v) is 2.55. The number of amides is 2. The highest BCUT2D eigenvalue weighted by molar-refractivity contribution is 5.97. The van der Waals surface area contributed by atoms with E-state index in [9.17, 15) is 19.5 Å². The van der Waals surface area contributed by atoms with E-state index < -0.39 is 23.7 Å². The van der Waals surface area contributed by atoms with Crippen molar-refractivity contribution in [1.82, 2.24) is 10.6 Å². The second-order valence-electron chi connectivity index (χ2n) is 5.86. The van der Waals surface area contributed by atoms with Gasteiger partial charge in [-0.25, -0.2) is 0 Å². The second kappa shape index (κ2) is 9.96. The monoisotopic (exact) mass is 386 g/mol. The third-order valence-electron chi connectivity index (χ3n) is 4.06. The van der Waals surface area contributed by atoms with Gasteiger partial charge in [0, 0.05) is 12.1 Å². The molecule has 0 spiro atoms. The van der Waals surface area contributed by atoms with Crippen LogP contribution < -0.4 is 20.1 Å². The fraction of sp³-hybridized carbons (Fsp3) is 0.250. The molecule has 28 heavy (non-hydrogen) atoms. The van der Waals surface area contributed by atoms with Crippen molar-refractivity contribution in [1.29, 1.82) is 0 Å². The lowest BCUT2D eigenvalue weighted by Gasteiger charge is -2.14. The molecule has 148 valence electrons. The Kier molecular flexibility index (Phi) is 7.38. The SMILES string of the molecule is COc1ccc(C(=O)NCC(=O)NCC(C(=O)O)c2ccccc2)cc1OC. The van der Waals surface area contributed by atoms with Crippen LogP contribution in [-0.4, -0.2) is 50.2 Å². The predicted octanol–water partition coefficient (Wildman–Crippen LogP) is 1.42. The summed E-state index contributed by atoms with van der Waals surface area (Å²) in [5.41, 5.74) is 0.891. The van der Waals surface area contributed by atoms with E-state index in [2.05, 4.69) is 10.6 Å². The summed E-state index contributed by atoms with van der Waals surface area (Å²) in [6.45, 7) is -0.362. The van der Waals surface area contributed by atoms with Gasteiger partial charge in [0.05, 0.1) is 26.7 Å². The third-order valence-corrected chi connectivity index (χ3v) is 4.06. The Hall–Kier alpha value is -3.55. The van der Waals surface area contributed by atoms with Crippen LogP contribution in [0.5, 0.6) is 11.5 Å². The molecule has 0 aliphatic heterocycles. The summed E-state index contributed by atoms with van der Waals surface area (Å²) in [5, 5.41) is 14.4. The zero-order valence-corrected chi connectivity index (χ0v) is 15.6. The normalized spacial score (nSPS) is 11.2. The third kappa shape index (κ3) is 5.47. The van der Waals surface area contributed by atoms with Crippen LogP contribution in [0.1, 0.15) is 21.8 Å². The van der Waals surface area contributed by atoms with Gasteiger partial charge in [0.2, 0.25) is 5.91 Å². The van der Waals surface area contributed by atoms with Crippen molar-refractivity contribution in [3.8, 4) is 11.5 Å². The molecule has 3 N–H and O–H groups in total. The van der Waals surface area contributed by atoms with Crippen LogP contribution in [0.25, 0.3) is 0 Å². The molecule has 0 radical (unpaired) electrons. The number of carboxylic acids is 1. The first kappa shape index (κ1) is 20.8. The number of hydrogen-bond acceptors (Lipinski definition) is 5. The molecule has 0 saturated heterocycles. The molecule has 0 aliphatic carbocycles. The van der Waals surface area contributed by atoms with Gasteiger partial charge >= 0.3 is 5.97 Å². The highest BCUT2D eigenvalue weighted by Crippen LogP contribution is 2.27. The lowest BCUT2D eigenvalue weighted by Crippen LogP contribution is -2.39. The number of ether oxygens (including phenoxy) is 2. The summed E-state index contributed by atoms with van der Waals surface area (Å²) in [6, 6.07) is 13.3. The van der Waals surface area contributed by atoms with Gasteiger partial charge in [-0.1, -0.05) is 30.3 Å². The summed E-state index contributed by atoms with van der Waals surface area (Å²) < 4.78 is 10.3. The van der Waals surface area contributed by atoms with E-state index in [-0.39, 0.29) is 13.1 Å². The lowest BCUT2D eigenvalue weighted by atomic mass is 9.99. The Morgan fingerprint density at radius 2 is 1.64 bits per heavy atom. The first-order valence-corrected chi connectivity index (χ1v) is 8.51. The molecule has 0 aliphatic rings. The number of methoxy groups -OCH3 is 2. The first-order chi connectivity index (χ1) is 13.5. The Morgan fingerprint density at radius 1 is 0.964 bits per heavy atom. The van der Waals surface area contributed by atoms with Crippen molar-refractivity contribution in [2.24, 2.45) is 0 Å². The van der Waals surface area contributed by atoms with Crippen LogP contribution in [0.3, 0.4) is 0 Å². The van der Waals surface area contributed by atoms with E-state index in [4.69, 9.17) is 9.47 Å². The van der Waals surface area contributed by atoms with Crippen molar-refractivity contribution in [3.63, 3.8) is 0 Å². The van der Waals surface area contributed by atoms with Crippen molar-refractivity contribution in [2.75, 3.05) is 27.3 Å². The van der Waals surface area contributed by atoms with Crippen LogP contribution in [0, 0.1) is 0 Å². The van der Waals surface area contributed by atoms with Gasteiger partial charge in [-0.3, -0.25) is 14.4 Å². The molecular formula is C20H22N2O6. The maximum atomic E-state index is 12.2. The van der Waals surface area contributed by atoms with Gasteiger partial charge in [0.15, 0.2) is 11.5 Å². The quantitative estimate of drug-likeness (QED) is 0.601. The summed E-state index contributed by atoms with van der Waals surface area (Å²) in [5.74, 6) is -1.98. The summed E-state index contributed by atoms with van der Waals surface area (Å²) >= 11 is 0. The Balaban J connectivity index is 1.89. The van der Waals surface area contributed by atoms with Crippen molar-refractivity contribution in [2.45, 2.75) is 5.92 Å². The number of hydrogen-bond donors (Lipinski definition) is 3. The van der Waals surface area contributed by atoms with Gasteiger partial charge < -0.3 is 25.2 Å². The first-order valence-electron chi connectivity index (χ1n) is 8.51. The number of nitrogens with one attached hydrogen (secondary N) is 2.